The van der Waals surface area contributed by atoms with Gasteiger partial charge in [-0.15, -0.1) is 0 Å². The van der Waals surface area contributed by atoms with Gasteiger partial charge in [0.05, 0.1) is 11.2 Å². The Bertz CT molecular complexity index is 687. The van der Waals surface area contributed by atoms with Crippen molar-refractivity contribution in [2.45, 2.75) is 24.3 Å². The van der Waals surface area contributed by atoms with E-state index in [-0.39, 0.29) is 4.90 Å². The van der Waals surface area contributed by atoms with E-state index >= 15 is 0 Å². The van der Waals surface area contributed by atoms with Gasteiger partial charge in [-0.05, 0) is 47.0 Å². The quantitative estimate of drug-likeness (QED) is 0.678. The first-order valence-electron chi connectivity index (χ1n) is 6.39. The maximum Gasteiger partial charge on any atom is 0.241 e. The number of benzene rings is 1. The third-order valence-corrected chi connectivity index (χ3v) is 5.81. The normalized spacial score (nSPS) is 11.7. The van der Waals surface area contributed by atoms with Crippen LogP contribution in [0.3, 0.4) is 0 Å². The van der Waals surface area contributed by atoms with Crippen LogP contribution in [-0.4, -0.2) is 24.5 Å². The molecule has 0 aliphatic heterocycles. The topological polar surface area (TPSA) is 64.0 Å². The van der Waals surface area contributed by atoms with Crippen LogP contribution in [-0.2, 0) is 16.6 Å². The second kappa shape index (κ2) is 7.53. The minimum absolute atomic E-state index is 0.250. The van der Waals surface area contributed by atoms with Crippen molar-refractivity contribution < 1.29 is 8.42 Å². The van der Waals surface area contributed by atoms with Crippen LogP contribution in [0.1, 0.15) is 12.8 Å². The Morgan fingerprint density at radius 3 is 2.71 bits per heavy atom. The number of unbranched alkanes of at least 4 members (excludes halogenated alkanes) is 1. The fourth-order valence-electron chi connectivity index (χ4n) is 1.82. The molecule has 0 radical (unpaired) electrons. The van der Waals surface area contributed by atoms with E-state index in [9.17, 15) is 8.42 Å². The lowest BCUT2D eigenvalue weighted by Gasteiger charge is -2.09. The Hall–Kier alpha value is -0.700. The van der Waals surface area contributed by atoms with Crippen molar-refractivity contribution in [2.24, 2.45) is 0 Å². The van der Waals surface area contributed by atoms with Gasteiger partial charge in [0.15, 0.2) is 0 Å². The van der Waals surface area contributed by atoms with Crippen molar-refractivity contribution in [1.29, 1.82) is 0 Å². The second-order valence-corrected chi connectivity index (χ2v) is 7.99. The summed E-state index contributed by atoms with van der Waals surface area (Å²) >= 11 is 6.57. The van der Waals surface area contributed by atoms with Crippen molar-refractivity contribution in [2.75, 3.05) is 6.54 Å². The summed E-state index contributed by atoms with van der Waals surface area (Å²) < 4.78 is 30.3. The number of hydrogen-bond acceptors (Lipinski definition) is 3. The van der Waals surface area contributed by atoms with Gasteiger partial charge < -0.3 is 4.57 Å². The van der Waals surface area contributed by atoms with Gasteiger partial charge >= 0.3 is 0 Å². The van der Waals surface area contributed by atoms with Gasteiger partial charge in [0.1, 0.15) is 0 Å². The zero-order valence-corrected chi connectivity index (χ0v) is 15.2. The number of imidazole rings is 1. The Morgan fingerprint density at radius 1 is 1.24 bits per heavy atom. The van der Waals surface area contributed by atoms with Crippen molar-refractivity contribution >= 4 is 41.9 Å². The second-order valence-electron chi connectivity index (χ2n) is 4.48. The van der Waals surface area contributed by atoms with Gasteiger partial charge in [0.25, 0.3) is 0 Å². The first-order valence-corrected chi connectivity index (χ1v) is 9.46. The first kappa shape index (κ1) is 16.7. The molecule has 8 heteroatoms. The van der Waals surface area contributed by atoms with E-state index in [4.69, 9.17) is 0 Å². The Labute approximate surface area is 141 Å². The maximum absolute atomic E-state index is 12.2. The van der Waals surface area contributed by atoms with Crippen molar-refractivity contribution in [1.82, 2.24) is 14.3 Å². The van der Waals surface area contributed by atoms with Crippen LogP contribution < -0.4 is 4.72 Å². The molecule has 1 aromatic heterocycles. The lowest BCUT2D eigenvalue weighted by atomic mass is 10.3. The van der Waals surface area contributed by atoms with E-state index < -0.39 is 10.0 Å². The molecule has 2 rings (SSSR count). The number of rotatable bonds is 7. The zero-order valence-electron chi connectivity index (χ0n) is 11.2. The summed E-state index contributed by atoms with van der Waals surface area (Å²) in [4.78, 5) is 4.21. The Morgan fingerprint density at radius 2 is 2.05 bits per heavy atom. The molecule has 5 nitrogen and oxygen atoms in total. The van der Waals surface area contributed by atoms with E-state index in [2.05, 4.69) is 41.6 Å². The van der Waals surface area contributed by atoms with Gasteiger partial charge in [0, 0.05) is 34.4 Å². The van der Waals surface area contributed by atoms with E-state index in [0.29, 0.717) is 11.0 Å². The van der Waals surface area contributed by atoms with Crippen LogP contribution in [0.5, 0.6) is 0 Å². The van der Waals surface area contributed by atoms with Gasteiger partial charge in [-0.25, -0.2) is 18.1 Å². The van der Waals surface area contributed by atoms with E-state index in [0.717, 1.165) is 23.9 Å². The van der Waals surface area contributed by atoms with E-state index in [1.54, 1.807) is 30.7 Å². The average molecular weight is 437 g/mol. The fraction of sp³-hybridized carbons (Fsp3) is 0.308. The summed E-state index contributed by atoms with van der Waals surface area (Å²) in [7, 11) is -3.48. The molecule has 0 bridgehead atoms. The van der Waals surface area contributed by atoms with Crippen molar-refractivity contribution in [3.63, 3.8) is 0 Å². The van der Waals surface area contributed by atoms with Crippen LogP contribution in [0.25, 0.3) is 0 Å². The number of nitrogens with one attached hydrogen (secondary N) is 1. The molecule has 0 unspecified atom stereocenters. The monoisotopic (exact) mass is 435 g/mol. The maximum atomic E-state index is 12.2. The van der Waals surface area contributed by atoms with Gasteiger partial charge in [-0.3, -0.25) is 0 Å². The Balaban J connectivity index is 1.84. The molecule has 0 atom stereocenters. The summed E-state index contributed by atoms with van der Waals surface area (Å²) in [5.74, 6) is 0. The van der Waals surface area contributed by atoms with Crippen molar-refractivity contribution in [3.8, 4) is 0 Å². The molecular weight excluding hydrogens is 422 g/mol. The third-order valence-electron chi connectivity index (χ3n) is 2.88. The summed E-state index contributed by atoms with van der Waals surface area (Å²) in [6.45, 7) is 1.25. The van der Waals surface area contributed by atoms with Crippen LogP contribution in [0, 0.1) is 0 Å². The lowest BCUT2D eigenvalue weighted by Crippen LogP contribution is -2.25. The molecule has 0 amide bonds. The number of aryl methyl sites for hydroxylation is 1. The SMILES string of the molecule is O=S(=O)(NCCCCn1ccnc1)c1ccc(Br)cc1Br. The summed E-state index contributed by atoms with van der Waals surface area (Å²) in [5.41, 5.74) is 0. The molecule has 21 heavy (non-hydrogen) atoms. The average Bonchev–Trinajstić information content (AvgIpc) is 2.91. The number of aromatic nitrogens is 2. The van der Waals surface area contributed by atoms with Gasteiger partial charge in [-0.1, -0.05) is 15.9 Å². The van der Waals surface area contributed by atoms with Gasteiger partial charge in [0.2, 0.25) is 10.0 Å². The highest BCUT2D eigenvalue weighted by atomic mass is 79.9. The number of hydrogen-bond donors (Lipinski definition) is 1. The highest BCUT2D eigenvalue weighted by molar-refractivity contribution is 9.11. The lowest BCUT2D eigenvalue weighted by molar-refractivity contribution is 0.565. The number of halogens is 2. The molecule has 0 aliphatic rings. The molecule has 0 aliphatic carbocycles. The number of nitrogens with zero attached hydrogens (tertiary/aromatic N) is 2. The summed E-state index contributed by atoms with van der Waals surface area (Å²) in [5, 5.41) is 0. The molecule has 0 spiro atoms. The summed E-state index contributed by atoms with van der Waals surface area (Å²) in [6.07, 6.45) is 7.03. The largest absolute Gasteiger partial charge is 0.337 e. The molecule has 1 N–H and O–H groups in total. The first-order chi connectivity index (χ1) is 9.99. The number of sulfonamides is 1. The van der Waals surface area contributed by atoms with E-state index in [1.165, 1.54) is 0 Å². The van der Waals surface area contributed by atoms with Crippen LogP contribution in [0.15, 0.2) is 50.8 Å². The molecule has 0 saturated carbocycles. The standard InChI is InChI=1S/C13H15Br2N3O2S/c14-11-3-4-13(12(15)9-11)21(19,20)17-5-1-2-7-18-8-6-16-10-18/h3-4,6,8-10,17H,1-2,5,7H2. The molecule has 0 saturated heterocycles. The van der Waals surface area contributed by atoms with Crippen molar-refractivity contribution in [3.05, 3.63) is 45.9 Å². The molecule has 2 aromatic rings. The fourth-order valence-corrected chi connectivity index (χ4v) is 4.63. The summed E-state index contributed by atoms with van der Waals surface area (Å²) in [6, 6.07) is 4.99. The minimum Gasteiger partial charge on any atom is -0.337 e. The van der Waals surface area contributed by atoms with Crippen LogP contribution in [0.2, 0.25) is 0 Å². The van der Waals surface area contributed by atoms with Crippen LogP contribution in [0.4, 0.5) is 0 Å². The molecule has 0 fully saturated rings. The molecule has 1 aromatic carbocycles. The Kier molecular flexibility index (Phi) is 5.98. The smallest absolute Gasteiger partial charge is 0.241 e. The third kappa shape index (κ3) is 4.91. The van der Waals surface area contributed by atoms with Gasteiger partial charge in [-0.2, -0.15) is 0 Å². The zero-order chi connectivity index (χ0) is 15.3. The highest BCUT2D eigenvalue weighted by Gasteiger charge is 2.16. The predicted octanol–water partition coefficient (Wildman–Crippen LogP) is 3.17. The van der Waals surface area contributed by atoms with Crippen LogP contribution >= 0.6 is 31.9 Å². The molecule has 1 heterocycles. The molecule has 114 valence electrons. The molecular formula is C13H15Br2N3O2S. The minimum atomic E-state index is -3.48. The highest BCUT2D eigenvalue weighted by Crippen LogP contribution is 2.25. The predicted molar refractivity (Wildman–Crippen MR) is 88.5 cm³/mol. The van der Waals surface area contributed by atoms with E-state index in [1.807, 2.05) is 10.8 Å².